The Balaban J connectivity index is 2.25. The molecule has 1 unspecified atom stereocenters. The van der Waals surface area contributed by atoms with E-state index in [1.165, 1.54) is 13.2 Å². The third-order valence-electron chi connectivity index (χ3n) is 3.48. The van der Waals surface area contributed by atoms with Gasteiger partial charge in [0.05, 0.1) is 7.11 Å². The number of aromatic hydroxyl groups is 2. The standard InChI is InChI=1S/C15H18O6/c1-3-4-8(16)5-6-11-9-7-10(17)14(20-2)13(18)12(9)15(19)21-11/h7,11,17-18H,3-6H2,1-2H3. The first-order chi connectivity index (χ1) is 9.99. The summed E-state index contributed by atoms with van der Waals surface area (Å²) in [5.74, 6) is -1.43. The molecule has 0 aliphatic carbocycles. The van der Waals surface area contributed by atoms with Gasteiger partial charge < -0.3 is 19.7 Å². The smallest absolute Gasteiger partial charge is 0.343 e. The number of phenols is 2. The molecule has 0 radical (unpaired) electrons. The van der Waals surface area contributed by atoms with Crippen molar-refractivity contribution in [2.24, 2.45) is 0 Å². The Morgan fingerprint density at radius 1 is 1.38 bits per heavy atom. The molecule has 21 heavy (non-hydrogen) atoms. The number of benzene rings is 1. The van der Waals surface area contributed by atoms with E-state index < -0.39 is 17.8 Å². The van der Waals surface area contributed by atoms with Crippen LogP contribution in [0.25, 0.3) is 0 Å². The van der Waals surface area contributed by atoms with E-state index in [1.54, 1.807) is 0 Å². The summed E-state index contributed by atoms with van der Waals surface area (Å²) in [5.41, 5.74) is 0.387. The Bertz CT molecular complexity index is 578. The summed E-state index contributed by atoms with van der Waals surface area (Å²) in [4.78, 5) is 23.4. The zero-order chi connectivity index (χ0) is 15.6. The number of phenolic OH excluding ortho intramolecular Hbond substituents is 2. The second-order valence-electron chi connectivity index (χ2n) is 4.96. The maximum atomic E-state index is 11.8. The number of fused-ring (bicyclic) bond motifs is 1. The Kier molecular flexibility index (Phi) is 4.35. The lowest BCUT2D eigenvalue weighted by molar-refractivity contribution is -0.119. The van der Waals surface area contributed by atoms with Crippen LogP contribution < -0.4 is 4.74 Å². The van der Waals surface area contributed by atoms with E-state index in [4.69, 9.17) is 9.47 Å². The lowest BCUT2D eigenvalue weighted by Gasteiger charge is -2.12. The predicted octanol–water partition coefficient (Wildman–Crippen LogP) is 2.47. The fourth-order valence-corrected chi connectivity index (χ4v) is 2.49. The molecule has 0 saturated heterocycles. The number of hydrogen-bond acceptors (Lipinski definition) is 6. The number of Topliss-reactive ketones (excluding diaryl/α,β-unsaturated/α-hetero) is 1. The molecule has 114 valence electrons. The fourth-order valence-electron chi connectivity index (χ4n) is 2.49. The lowest BCUT2D eigenvalue weighted by Crippen LogP contribution is -2.03. The van der Waals surface area contributed by atoms with Crippen LogP contribution >= 0.6 is 0 Å². The Morgan fingerprint density at radius 2 is 2.10 bits per heavy atom. The lowest BCUT2D eigenvalue weighted by atomic mass is 9.98. The number of ketones is 1. The second-order valence-corrected chi connectivity index (χ2v) is 4.96. The Hall–Kier alpha value is -2.24. The van der Waals surface area contributed by atoms with Crippen LogP contribution in [0.1, 0.15) is 54.6 Å². The van der Waals surface area contributed by atoms with Gasteiger partial charge in [0, 0.05) is 18.4 Å². The molecule has 0 bridgehead atoms. The monoisotopic (exact) mass is 294 g/mol. The summed E-state index contributed by atoms with van der Waals surface area (Å²) in [5, 5.41) is 19.8. The molecule has 6 nitrogen and oxygen atoms in total. The number of esters is 1. The first kappa shape index (κ1) is 15.2. The van der Waals surface area contributed by atoms with Gasteiger partial charge in [0.15, 0.2) is 11.5 Å². The molecule has 6 heteroatoms. The largest absolute Gasteiger partial charge is 0.504 e. The molecule has 0 saturated carbocycles. The average molecular weight is 294 g/mol. The molecule has 0 amide bonds. The SMILES string of the molecule is CCCC(=O)CCC1OC(=O)c2c1cc(O)c(OC)c2O. The highest BCUT2D eigenvalue weighted by molar-refractivity contribution is 5.98. The fraction of sp³-hybridized carbons (Fsp3) is 0.467. The van der Waals surface area contributed by atoms with Gasteiger partial charge in [-0.25, -0.2) is 4.79 Å². The van der Waals surface area contributed by atoms with Gasteiger partial charge in [0.1, 0.15) is 17.5 Å². The maximum absolute atomic E-state index is 11.8. The molecular formula is C15H18O6. The summed E-state index contributed by atoms with van der Waals surface area (Å²) in [7, 11) is 1.28. The van der Waals surface area contributed by atoms with Crippen molar-refractivity contribution in [1.29, 1.82) is 0 Å². The van der Waals surface area contributed by atoms with Crippen LogP contribution in [0.3, 0.4) is 0 Å². The molecule has 2 rings (SSSR count). The van der Waals surface area contributed by atoms with E-state index in [0.717, 1.165) is 6.42 Å². The number of methoxy groups -OCH3 is 1. The van der Waals surface area contributed by atoms with E-state index in [1.807, 2.05) is 6.92 Å². The molecule has 2 N–H and O–H groups in total. The third-order valence-corrected chi connectivity index (χ3v) is 3.48. The highest BCUT2D eigenvalue weighted by Gasteiger charge is 2.36. The molecule has 1 atom stereocenters. The topological polar surface area (TPSA) is 93.1 Å². The van der Waals surface area contributed by atoms with Gasteiger partial charge in [-0.1, -0.05) is 6.92 Å². The minimum absolute atomic E-state index is 0.00223. The molecule has 0 spiro atoms. The number of rotatable bonds is 6. The van der Waals surface area contributed by atoms with Gasteiger partial charge in [0.2, 0.25) is 5.75 Å². The summed E-state index contributed by atoms with van der Waals surface area (Å²) in [6.07, 6.45) is 1.27. The third kappa shape index (κ3) is 2.79. The van der Waals surface area contributed by atoms with Crippen molar-refractivity contribution < 1.29 is 29.3 Å². The molecule has 1 aliphatic rings. The minimum Gasteiger partial charge on any atom is -0.504 e. The van der Waals surface area contributed by atoms with Crippen molar-refractivity contribution in [3.63, 3.8) is 0 Å². The van der Waals surface area contributed by atoms with Crippen molar-refractivity contribution in [1.82, 2.24) is 0 Å². The van der Waals surface area contributed by atoms with E-state index >= 15 is 0 Å². The highest BCUT2D eigenvalue weighted by atomic mass is 16.6. The molecule has 0 aromatic heterocycles. The van der Waals surface area contributed by atoms with E-state index in [0.29, 0.717) is 24.8 Å². The number of carbonyl (C=O) groups is 2. The van der Waals surface area contributed by atoms with Crippen LogP contribution in [0.4, 0.5) is 0 Å². The summed E-state index contributed by atoms with van der Waals surface area (Å²) in [6.45, 7) is 1.92. The van der Waals surface area contributed by atoms with Crippen LogP contribution in [0.5, 0.6) is 17.2 Å². The summed E-state index contributed by atoms with van der Waals surface area (Å²) >= 11 is 0. The summed E-state index contributed by atoms with van der Waals surface area (Å²) < 4.78 is 10.0. The van der Waals surface area contributed by atoms with E-state index in [9.17, 15) is 19.8 Å². The van der Waals surface area contributed by atoms with Crippen LogP contribution in [-0.4, -0.2) is 29.1 Å². The van der Waals surface area contributed by atoms with Gasteiger partial charge in [-0.05, 0) is 18.9 Å². The molecular weight excluding hydrogens is 276 g/mol. The zero-order valence-electron chi connectivity index (χ0n) is 12.0. The van der Waals surface area contributed by atoms with Gasteiger partial charge in [-0.2, -0.15) is 0 Å². The van der Waals surface area contributed by atoms with Crippen molar-refractivity contribution >= 4 is 11.8 Å². The van der Waals surface area contributed by atoms with Crippen molar-refractivity contribution in [3.05, 3.63) is 17.2 Å². The summed E-state index contributed by atoms with van der Waals surface area (Å²) in [6, 6.07) is 1.34. The van der Waals surface area contributed by atoms with Crippen LogP contribution in [0.15, 0.2) is 6.07 Å². The zero-order valence-corrected chi connectivity index (χ0v) is 12.0. The Labute approximate surface area is 122 Å². The first-order valence-corrected chi connectivity index (χ1v) is 6.85. The quantitative estimate of drug-likeness (QED) is 0.783. The predicted molar refractivity (Wildman–Crippen MR) is 73.6 cm³/mol. The van der Waals surface area contributed by atoms with E-state index in [2.05, 4.69) is 0 Å². The number of hydrogen-bond donors (Lipinski definition) is 2. The van der Waals surface area contributed by atoms with Crippen molar-refractivity contribution in [3.8, 4) is 17.2 Å². The first-order valence-electron chi connectivity index (χ1n) is 6.85. The number of cyclic esters (lactones) is 1. The highest BCUT2D eigenvalue weighted by Crippen LogP contribution is 2.47. The minimum atomic E-state index is -0.672. The van der Waals surface area contributed by atoms with Gasteiger partial charge >= 0.3 is 5.97 Å². The van der Waals surface area contributed by atoms with Crippen LogP contribution in [-0.2, 0) is 9.53 Å². The Morgan fingerprint density at radius 3 is 2.71 bits per heavy atom. The van der Waals surface area contributed by atoms with Crippen LogP contribution in [0.2, 0.25) is 0 Å². The van der Waals surface area contributed by atoms with Gasteiger partial charge in [-0.3, -0.25) is 4.79 Å². The van der Waals surface area contributed by atoms with E-state index in [-0.39, 0.29) is 22.8 Å². The molecule has 1 aromatic carbocycles. The molecule has 1 heterocycles. The van der Waals surface area contributed by atoms with Crippen LogP contribution in [0, 0.1) is 0 Å². The molecule has 1 aliphatic heterocycles. The normalized spacial score (nSPS) is 16.5. The van der Waals surface area contributed by atoms with Crippen molar-refractivity contribution in [2.75, 3.05) is 7.11 Å². The molecule has 0 fully saturated rings. The number of ether oxygens (including phenoxy) is 2. The second kappa shape index (κ2) is 6.03. The number of carbonyl (C=O) groups excluding carboxylic acids is 2. The van der Waals surface area contributed by atoms with Gasteiger partial charge in [-0.15, -0.1) is 0 Å². The average Bonchev–Trinajstić information content (AvgIpc) is 2.73. The van der Waals surface area contributed by atoms with Gasteiger partial charge in [0.25, 0.3) is 0 Å². The van der Waals surface area contributed by atoms with Crippen molar-refractivity contribution in [2.45, 2.75) is 38.7 Å². The molecule has 1 aromatic rings. The maximum Gasteiger partial charge on any atom is 0.343 e.